The second-order valence-corrected chi connectivity index (χ2v) is 14.2. The first-order valence-corrected chi connectivity index (χ1v) is 17.3. The fourth-order valence-corrected chi connectivity index (χ4v) is 7.53. The first kappa shape index (κ1) is 32.2. The molecular weight excluding hydrogens is 606 g/mol. The molecule has 4 aliphatic heterocycles. The highest BCUT2D eigenvalue weighted by Crippen LogP contribution is 2.37. The molecule has 3 saturated heterocycles. The van der Waals surface area contributed by atoms with Crippen molar-refractivity contribution in [2.45, 2.75) is 89.1 Å². The van der Waals surface area contributed by atoms with Gasteiger partial charge in [-0.1, -0.05) is 38.1 Å². The lowest BCUT2D eigenvalue weighted by Crippen LogP contribution is -2.52. The zero-order valence-electron chi connectivity index (χ0n) is 27.8. The summed E-state index contributed by atoms with van der Waals surface area (Å²) in [4.78, 5) is 52.5. The molecule has 0 spiro atoms. The van der Waals surface area contributed by atoms with Crippen molar-refractivity contribution in [1.29, 1.82) is 0 Å². The number of aliphatic hydroxyl groups is 1. The number of fused-ring (bicyclic) bond motifs is 1. The van der Waals surface area contributed by atoms with Crippen LogP contribution in [0.4, 0.5) is 11.6 Å². The van der Waals surface area contributed by atoms with Crippen molar-refractivity contribution >= 4 is 29.4 Å². The summed E-state index contributed by atoms with van der Waals surface area (Å²) >= 11 is 0. The lowest BCUT2D eigenvalue weighted by molar-refractivity contribution is -0.136. The van der Waals surface area contributed by atoms with Gasteiger partial charge >= 0.3 is 0 Å². The molecule has 7 rings (SSSR count). The topological polar surface area (TPSA) is 131 Å². The lowest BCUT2D eigenvalue weighted by atomic mass is 9.83. The summed E-state index contributed by atoms with van der Waals surface area (Å²) in [5.41, 5.74) is 4.85. The number of nitrogens with zero attached hydrogens (tertiary/aromatic N) is 5. The van der Waals surface area contributed by atoms with Gasteiger partial charge in [-0.05, 0) is 78.5 Å². The van der Waals surface area contributed by atoms with Gasteiger partial charge in [0, 0.05) is 75.4 Å². The maximum Gasteiger partial charge on any atom is 0.255 e. The number of hydrogen-bond donors (Lipinski definition) is 3. The van der Waals surface area contributed by atoms with Crippen LogP contribution in [-0.4, -0.2) is 80.9 Å². The minimum atomic E-state index is -0.971. The Balaban J connectivity index is 0.917. The van der Waals surface area contributed by atoms with Crippen molar-refractivity contribution in [1.82, 2.24) is 25.1 Å². The molecule has 252 valence electrons. The largest absolute Gasteiger partial charge is 0.385 e. The Labute approximate surface area is 281 Å². The van der Waals surface area contributed by atoms with Gasteiger partial charge in [-0.15, -0.1) is 0 Å². The summed E-state index contributed by atoms with van der Waals surface area (Å²) in [6.07, 6.45) is 7.79. The number of hydrogen-bond acceptors (Lipinski definition) is 9. The molecule has 3 aromatic rings. The molecule has 48 heavy (non-hydrogen) atoms. The van der Waals surface area contributed by atoms with E-state index in [1.54, 1.807) is 11.0 Å². The number of imide groups is 1. The highest BCUT2D eigenvalue weighted by Gasteiger charge is 2.41. The van der Waals surface area contributed by atoms with Gasteiger partial charge < -0.3 is 20.2 Å². The monoisotopic (exact) mass is 651 g/mol. The fraction of sp³-hybridized carbons (Fsp3) is 0.486. The van der Waals surface area contributed by atoms with Crippen molar-refractivity contribution in [3.63, 3.8) is 0 Å². The molecule has 1 unspecified atom stereocenters. The van der Waals surface area contributed by atoms with Gasteiger partial charge in [0.05, 0.1) is 5.60 Å². The Morgan fingerprint density at radius 3 is 2.46 bits per heavy atom. The van der Waals surface area contributed by atoms with Crippen molar-refractivity contribution in [3.05, 3.63) is 82.7 Å². The van der Waals surface area contributed by atoms with Crippen LogP contribution in [0.15, 0.2) is 54.9 Å². The number of anilines is 2. The van der Waals surface area contributed by atoms with Crippen LogP contribution in [0.1, 0.15) is 90.9 Å². The van der Waals surface area contributed by atoms with Gasteiger partial charge in [0.1, 0.15) is 6.04 Å². The van der Waals surface area contributed by atoms with Crippen LogP contribution in [0, 0.1) is 0 Å². The maximum absolute atomic E-state index is 13.1. The summed E-state index contributed by atoms with van der Waals surface area (Å²) in [5, 5.41) is 17.6. The van der Waals surface area contributed by atoms with E-state index in [0.717, 1.165) is 62.3 Å². The zero-order valence-corrected chi connectivity index (χ0v) is 27.8. The molecule has 0 aliphatic carbocycles. The first-order chi connectivity index (χ1) is 23.1. The highest BCUT2D eigenvalue weighted by molar-refractivity contribution is 6.05. The zero-order chi connectivity index (χ0) is 33.4. The van der Waals surface area contributed by atoms with E-state index >= 15 is 0 Å². The normalized spacial score (nSPS) is 23.0. The molecule has 3 fully saturated rings. The van der Waals surface area contributed by atoms with Crippen molar-refractivity contribution in [2.75, 3.05) is 36.4 Å². The van der Waals surface area contributed by atoms with Crippen molar-refractivity contribution in [3.8, 4) is 0 Å². The molecule has 4 aliphatic rings. The van der Waals surface area contributed by atoms with E-state index in [0.29, 0.717) is 49.3 Å². The van der Waals surface area contributed by atoms with Crippen LogP contribution in [0.2, 0.25) is 0 Å². The number of amides is 3. The third kappa shape index (κ3) is 6.66. The number of carbonyl (C=O) groups is 3. The Morgan fingerprint density at radius 1 is 1.00 bits per heavy atom. The Hall–Kier alpha value is -4.35. The smallest absolute Gasteiger partial charge is 0.255 e. The predicted octanol–water partition coefficient (Wildman–Crippen LogP) is 3.93. The molecule has 2 aromatic carbocycles. The molecule has 0 radical (unpaired) electrons. The Morgan fingerprint density at radius 2 is 1.75 bits per heavy atom. The van der Waals surface area contributed by atoms with Gasteiger partial charge in [-0.3, -0.25) is 24.6 Å². The first-order valence-electron chi connectivity index (χ1n) is 17.3. The number of nitrogens with one attached hydrogen (secondary N) is 2. The third-order valence-corrected chi connectivity index (χ3v) is 10.5. The average Bonchev–Trinajstić information content (AvgIpc) is 3.41. The highest BCUT2D eigenvalue weighted by atomic mass is 16.3. The van der Waals surface area contributed by atoms with Crippen LogP contribution in [0.25, 0.3) is 0 Å². The third-order valence-electron chi connectivity index (χ3n) is 10.5. The fourth-order valence-electron chi connectivity index (χ4n) is 7.53. The number of likely N-dealkylation sites (tertiary alicyclic amines) is 1. The molecule has 1 aromatic heterocycles. The molecule has 0 bridgehead atoms. The molecule has 11 heteroatoms. The molecule has 11 nitrogen and oxygen atoms in total. The van der Waals surface area contributed by atoms with Gasteiger partial charge in [0.15, 0.2) is 0 Å². The predicted molar refractivity (Wildman–Crippen MR) is 182 cm³/mol. The van der Waals surface area contributed by atoms with E-state index in [4.69, 9.17) is 0 Å². The van der Waals surface area contributed by atoms with Crippen molar-refractivity contribution in [2.24, 2.45) is 0 Å². The van der Waals surface area contributed by atoms with Crippen LogP contribution in [0.3, 0.4) is 0 Å². The standard InChI is InChI=1S/C37H45N7O4/c1-24(2)27-19-38-36(39-20-27)40-29-4-3-15-43(23-29)30-8-5-25(6-9-30)21-42-16-13-37(48,14-17-42)28-7-10-31-26(18-28)22-44(35(31)47)32-11-12-33(45)41-34(32)46/h5-10,18-20,24,29,32,48H,3-4,11-17,21-23H2,1-2H3,(H,38,39,40)(H,41,45,46)/t29-,32?/m1/s1. The van der Waals surface area contributed by atoms with Crippen LogP contribution < -0.4 is 15.5 Å². The molecule has 2 atom stereocenters. The molecule has 0 saturated carbocycles. The second kappa shape index (κ2) is 13.3. The van der Waals surface area contributed by atoms with Gasteiger partial charge in [-0.25, -0.2) is 9.97 Å². The SMILES string of the molecule is CC(C)c1cnc(N[C@@H]2CCCN(c3ccc(CN4CCC(O)(c5ccc6c(c5)CN(C5CCC(=O)NC5=O)C6=O)CC4)cc3)C2)nc1. The van der Waals surface area contributed by atoms with Crippen LogP contribution in [-0.2, 0) is 28.3 Å². The Bertz CT molecular complexity index is 1670. The molecule has 3 N–H and O–H groups in total. The summed E-state index contributed by atoms with van der Waals surface area (Å²) in [5.74, 6) is 0.195. The number of rotatable bonds is 8. The van der Waals surface area contributed by atoms with Crippen LogP contribution >= 0.6 is 0 Å². The van der Waals surface area contributed by atoms with Gasteiger partial charge in [0.2, 0.25) is 17.8 Å². The Kier molecular flexibility index (Phi) is 8.91. The lowest BCUT2D eigenvalue weighted by Gasteiger charge is -2.39. The summed E-state index contributed by atoms with van der Waals surface area (Å²) in [7, 11) is 0. The summed E-state index contributed by atoms with van der Waals surface area (Å²) in [6.45, 7) is 8.88. The summed E-state index contributed by atoms with van der Waals surface area (Å²) in [6, 6.07) is 14.1. The molecule has 5 heterocycles. The quantitative estimate of drug-likeness (QED) is 0.310. The number of benzene rings is 2. The number of carbonyl (C=O) groups excluding carboxylic acids is 3. The van der Waals surface area contributed by atoms with E-state index in [2.05, 4.69) is 68.5 Å². The van der Waals surface area contributed by atoms with E-state index in [1.165, 1.54) is 11.3 Å². The van der Waals surface area contributed by atoms with Crippen LogP contribution in [0.5, 0.6) is 0 Å². The average molecular weight is 652 g/mol. The maximum atomic E-state index is 13.1. The van der Waals surface area contributed by atoms with E-state index < -0.39 is 17.6 Å². The van der Waals surface area contributed by atoms with Crippen molar-refractivity contribution < 1.29 is 19.5 Å². The minimum Gasteiger partial charge on any atom is -0.385 e. The molecule has 3 amide bonds. The van der Waals surface area contributed by atoms with E-state index in [-0.39, 0.29) is 18.2 Å². The minimum absolute atomic E-state index is 0.197. The van der Waals surface area contributed by atoms with E-state index in [1.807, 2.05) is 24.5 Å². The molecular formula is C37H45N7O4. The summed E-state index contributed by atoms with van der Waals surface area (Å²) < 4.78 is 0. The second-order valence-electron chi connectivity index (χ2n) is 14.2. The number of piperidine rings is 3. The van der Waals surface area contributed by atoms with Gasteiger partial charge in [0.25, 0.3) is 5.91 Å². The van der Waals surface area contributed by atoms with Gasteiger partial charge in [-0.2, -0.15) is 0 Å². The number of aromatic nitrogens is 2. The van der Waals surface area contributed by atoms with E-state index in [9.17, 15) is 19.5 Å².